The Morgan fingerprint density at radius 3 is 2.32 bits per heavy atom. The summed E-state index contributed by atoms with van der Waals surface area (Å²) >= 11 is 1.76. The summed E-state index contributed by atoms with van der Waals surface area (Å²) < 4.78 is 18.1. The quantitative estimate of drug-likeness (QED) is 0.0556. The van der Waals surface area contributed by atoms with Crippen LogP contribution in [0.5, 0.6) is 11.5 Å². The van der Waals surface area contributed by atoms with E-state index in [2.05, 4.69) is 65.3 Å². The van der Waals surface area contributed by atoms with E-state index >= 15 is 0 Å². The minimum absolute atomic E-state index is 0.0543. The van der Waals surface area contributed by atoms with Crippen LogP contribution >= 0.6 is 11.3 Å². The van der Waals surface area contributed by atoms with Gasteiger partial charge < -0.3 is 30.1 Å². The second-order valence-electron chi connectivity index (χ2n) is 10.8. The van der Waals surface area contributed by atoms with E-state index in [1.54, 1.807) is 35.6 Å². The van der Waals surface area contributed by atoms with E-state index in [1.165, 1.54) is 10.4 Å². The first-order valence-electron chi connectivity index (χ1n) is 15.1. The Hall–Kier alpha value is -4.12. The van der Waals surface area contributed by atoms with Gasteiger partial charge in [-0.1, -0.05) is 60.2 Å². The van der Waals surface area contributed by atoms with Crippen molar-refractivity contribution in [3.63, 3.8) is 0 Å². The molecule has 0 amide bonds. The van der Waals surface area contributed by atoms with Gasteiger partial charge in [0.2, 0.25) is 6.29 Å². The van der Waals surface area contributed by atoms with Crippen molar-refractivity contribution >= 4 is 22.3 Å². The van der Waals surface area contributed by atoms with Gasteiger partial charge in [0.05, 0.1) is 18.9 Å². The molecule has 3 N–H and O–H groups in total. The third-order valence-corrected chi connectivity index (χ3v) is 8.61. The van der Waals surface area contributed by atoms with Crippen LogP contribution in [0.15, 0.2) is 84.0 Å². The molecular weight excluding hydrogens is 574 g/mol. The van der Waals surface area contributed by atoms with Crippen LogP contribution in [0.3, 0.4) is 0 Å². The maximum absolute atomic E-state index is 8.92. The lowest BCUT2D eigenvalue weighted by atomic mass is 10.1. The van der Waals surface area contributed by atoms with Crippen LogP contribution in [-0.2, 0) is 17.8 Å². The maximum atomic E-state index is 8.92. The summed E-state index contributed by atoms with van der Waals surface area (Å²) in [6.45, 7) is 7.14. The zero-order valence-electron chi connectivity index (χ0n) is 25.4. The largest absolute Gasteiger partial charge is 0.455 e. The Morgan fingerprint density at radius 2 is 1.68 bits per heavy atom. The zero-order chi connectivity index (χ0) is 30.7. The number of rotatable bonds is 14. The monoisotopic (exact) mass is 615 g/mol. The number of nitrogens with two attached hydrogens (primary N) is 1. The molecule has 0 radical (unpaired) electrons. The minimum Gasteiger partial charge on any atom is -0.455 e. The van der Waals surface area contributed by atoms with Crippen molar-refractivity contribution in [1.29, 1.82) is 0 Å². The van der Waals surface area contributed by atoms with Crippen LogP contribution in [-0.4, -0.2) is 60.6 Å². The number of morpholine rings is 1. The molecule has 1 fully saturated rings. The molecule has 9 nitrogen and oxygen atoms in total. The lowest BCUT2D eigenvalue weighted by Gasteiger charge is -2.26. The SMILES string of the molecule is CCCCC(Oc1ccc(C(N)=NO)cc1)Oc1ccc(-c2nc(N(C)Cc3ccccc3)sc2CN2CCOCC2)cc1. The molecule has 44 heavy (non-hydrogen) atoms. The van der Waals surface area contributed by atoms with Crippen molar-refractivity contribution in [3.05, 3.63) is 94.9 Å². The minimum atomic E-state index is -0.454. The van der Waals surface area contributed by atoms with E-state index in [-0.39, 0.29) is 5.84 Å². The van der Waals surface area contributed by atoms with Gasteiger partial charge in [0.25, 0.3) is 0 Å². The molecule has 3 aromatic carbocycles. The number of anilines is 1. The van der Waals surface area contributed by atoms with E-state index in [0.717, 1.165) is 80.8 Å². The molecule has 1 unspecified atom stereocenters. The van der Waals surface area contributed by atoms with Gasteiger partial charge in [-0.2, -0.15) is 0 Å². The third-order valence-electron chi connectivity index (χ3n) is 7.46. The molecule has 1 aromatic heterocycles. The molecule has 0 spiro atoms. The average Bonchev–Trinajstić information content (AvgIpc) is 3.48. The van der Waals surface area contributed by atoms with Crippen molar-refractivity contribution in [1.82, 2.24) is 9.88 Å². The van der Waals surface area contributed by atoms with Crippen molar-refractivity contribution in [2.75, 3.05) is 38.3 Å². The predicted molar refractivity (Wildman–Crippen MR) is 176 cm³/mol. The topological polar surface area (TPSA) is 106 Å². The molecule has 232 valence electrons. The Balaban J connectivity index is 1.32. The number of unbranched alkanes of at least 4 members (excludes halogenated alkanes) is 1. The molecule has 2 heterocycles. The number of benzene rings is 3. The van der Waals surface area contributed by atoms with Crippen LogP contribution in [0.25, 0.3) is 11.3 Å². The summed E-state index contributed by atoms with van der Waals surface area (Å²) in [5.74, 6) is 1.44. The van der Waals surface area contributed by atoms with Crippen molar-refractivity contribution in [2.24, 2.45) is 10.9 Å². The molecule has 1 atom stereocenters. The summed E-state index contributed by atoms with van der Waals surface area (Å²) in [6, 6.07) is 25.7. The first-order chi connectivity index (χ1) is 21.5. The number of thiazole rings is 1. The predicted octanol–water partition coefficient (Wildman–Crippen LogP) is 6.35. The van der Waals surface area contributed by atoms with E-state index in [9.17, 15) is 0 Å². The van der Waals surface area contributed by atoms with Crippen molar-refractivity contribution in [3.8, 4) is 22.8 Å². The zero-order valence-corrected chi connectivity index (χ0v) is 26.2. The van der Waals surface area contributed by atoms with Crippen LogP contribution in [0.2, 0.25) is 0 Å². The summed E-state index contributed by atoms with van der Waals surface area (Å²) in [7, 11) is 2.10. The van der Waals surface area contributed by atoms with Gasteiger partial charge in [-0.25, -0.2) is 4.98 Å². The van der Waals surface area contributed by atoms with Crippen LogP contribution in [0.4, 0.5) is 5.13 Å². The van der Waals surface area contributed by atoms with E-state index in [1.807, 2.05) is 18.2 Å². The summed E-state index contributed by atoms with van der Waals surface area (Å²) in [4.78, 5) is 11.0. The van der Waals surface area contributed by atoms with Crippen molar-refractivity contribution in [2.45, 2.75) is 45.6 Å². The third kappa shape index (κ3) is 8.49. The maximum Gasteiger partial charge on any atom is 0.241 e. The summed E-state index contributed by atoms with van der Waals surface area (Å²) in [5, 5.41) is 13.0. The number of amidine groups is 1. The Morgan fingerprint density at radius 1 is 1.02 bits per heavy atom. The van der Waals surface area contributed by atoms with Crippen LogP contribution < -0.4 is 20.1 Å². The van der Waals surface area contributed by atoms with Crippen LogP contribution in [0, 0.1) is 0 Å². The van der Waals surface area contributed by atoms with Gasteiger partial charge in [0.15, 0.2) is 11.0 Å². The Labute approximate surface area is 263 Å². The average molecular weight is 616 g/mol. The van der Waals surface area contributed by atoms with Gasteiger partial charge in [-0.15, -0.1) is 0 Å². The molecule has 0 bridgehead atoms. The van der Waals surface area contributed by atoms with Gasteiger partial charge in [0, 0.05) is 55.7 Å². The number of hydrogen-bond acceptors (Lipinski definition) is 9. The molecule has 1 aliphatic rings. The van der Waals surface area contributed by atoms with Gasteiger partial charge in [-0.3, -0.25) is 4.90 Å². The Bertz CT molecular complexity index is 1470. The van der Waals surface area contributed by atoms with E-state index in [4.69, 9.17) is 30.1 Å². The fourth-order valence-electron chi connectivity index (χ4n) is 4.99. The highest BCUT2D eigenvalue weighted by molar-refractivity contribution is 7.16. The number of ether oxygens (including phenoxy) is 3. The van der Waals surface area contributed by atoms with E-state index < -0.39 is 6.29 Å². The molecule has 10 heteroatoms. The molecule has 1 saturated heterocycles. The Kier molecular flexibility index (Phi) is 11.1. The number of nitrogens with zero attached hydrogens (tertiary/aromatic N) is 4. The normalized spacial score (nSPS) is 14.7. The standard InChI is InChI=1S/C34H41N5O4S/c1-3-4-10-31(43-29-17-13-27(14-18-29)33(35)37-40)42-28-15-11-26(12-16-28)32-30(24-39-19-21-41-22-20-39)44-34(36-32)38(2)23-25-8-6-5-7-9-25/h5-9,11-18,31,40H,3-4,10,19-24H2,1-2H3,(H2,35,37). The van der Waals surface area contributed by atoms with Gasteiger partial charge >= 0.3 is 0 Å². The molecular formula is C34H41N5O4S. The first-order valence-corrected chi connectivity index (χ1v) is 15.9. The number of aromatic nitrogens is 1. The highest BCUT2D eigenvalue weighted by atomic mass is 32.1. The smallest absolute Gasteiger partial charge is 0.241 e. The molecule has 4 aromatic rings. The number of hydrogen-bond donors (Lipinski definition) is 2. The lowest BCUT2D eigenvalue weighted by molar-refractivity contribution is -0.00211. The highest BCUT2D eigenvalue weighted by Gasteiger charge is 2.20. The summed E-state index contributed by atoms with van der Waals surface area (Å²) in [6.07, 6.45) is 2.28. The highest BCUT2D eigenvalue weighted by Crippen LogP contribution is 2.35. The molecule has 1 aliphatic heterocycles. The first kappa shape index (κ1) is 31.3. The molecule has 5 rings (SSSR count). The van der Waals surface area contributed by atoms with Crippen molar-refractivity contribution < 1.29 is 19.4 Å². The van der Waals surface area contributed by atoms with Gasteiger partial charge in [0.1, 0.15) is 11.5 Å². The number of oxime groups is 1. The fraction of sp³-hybridized carbons (Fsp3) is 0.353. The molecule has 0 saturated carbocycles. The second kappa shape index (κ2) is 15.6. The van der Waals surface area contributed by atoms with Gasteiger partial charge in [-0.05, 0) is 60.5 Å². The van der Waals surface area contributed by atoms with E-state index in [0.29, 0.717) is 11.3 Å². The summed E-state index contributed by atoms with van der Waals surface area (Å²) in [5.41, 5.74) is 9.62. The second-order valence-corrected chi connectivity index (χ2v) is 11.9. The fourth-order valence-corrected chi connectivity index (χ4v) is 6.08. The lowest BCUT2D eigenvalue weighted by Crippen LogP contribution is -2.35. The molecule has 0 aliphatic carbocycles. The van der Waals surface area contributed by atoms with Crippen LogP contribution in [0.1, 0.15) is 42.2 Å².